The second-order valence-corrected chi connectivity index (χ2v) is 5.51. The van der Waals surface area contributed by atoms with E-state index in [1.165, 1.54) is 22.8 Å². The Morgan fingerprint density at radius 1 is 1.31 bits per heavy atom. The predicted molar refractivity (Wildman–Crippen MR) is 61.9 cm³/mol. The van der Waals surface area contributed by atoms with Gasteiger partial charge in [0.25, 0.3) is 0 Å². The molecule has 0 saturated carbocycles. The van der Waals surface area contributed by atoms with Crippen LogP contribution in [0.1, 0.15) is 0 Å². The van der Waals surface area contributed by atoms with E-state index in [1.807, 2.05) is 0 Å². The van der Waals surface area contributed by atoms with Crippen LogP contribution in [-0.4, -0.2) is 40.0 Å². The Labute approximate surface area is 95.4 Å². The molecule has 0 N–H and O–H groups in total. The third kappa shape index (κ3) is 1.85. The summed E-state index contributed by atoms with van der Waals surface area (Å²) >= 11 is 0. The van der Waals surface area contributed by atoms with E-state index in [4.69, 9.17) is 4.74 Å². The molecule has 0 unspecified atom stereocenters. The highest BCUT2D eigenvalue weighted by Gasteiger charge is 2.36. The third-order valence-corrected chi connectivity index (χ3v) is 4.41. The van der Waals surface area contributed by atoms with Gasteiger partial charge >= 0.3 is 10.2 Å². The van der Waals surface area contributed by atoms with Crippen LogP contribution in [0.3, 0.4) is 0 Å². The molecule has 5 nitrogen and oxygen atoms in total. The minimum Gasteiger partial charge on any atom is -0.495 e. The van der Waals surface area contributed by atoms with Gasteiger partial charge in [0.05, 0.1) is 12.8 Å². The molecule has 1 aliphatic heterocycles. The normalized spacial score (nSPS) is 15.9. The molecule has 16 heavy (non-hydrogen) atoms. The van der Waals surface area contributed by atoms with E-state index in [0.29, 0.717) is 24.5 Å². The summed E-state index contributed by atoms with van der Waals surface area (Å²) in [4.78, 5) is 0. The van der Waals surface area contributed by atoms with Gasteiger partial charge in [-0.05, 0) is 12.1 Å². The van der Waals surface area contributed by atoms with Crippen molar-refractivity contribution < 1.29 is 13.2 Å². The van der Waals surface area contributed by atoms with Crippen LogP contribution in [0.4, 0.5) is 5.69 Å². The van der Waals surface area contributed by atoms with Gasteiger partial charge in [0.2, 0.25) is 0 Å². The maximum Gasteiger partial charge on any atom is 0.304 e. The second-order valence-electron chi connectivity index (χ2n) is 3.55. The average molecular weight is 242 g/mol. The second kappa shape index (κ2) is 3.95. The van der Waals surface area contributed by atoms with Crippen LogP contribution in [0.15, 0.2) is 24.3 Å². The summed E-state index contributed by atoms with van der Waals surface area (Å²) < 4.78 is 31.7. The molecule has 0 bridgehead atoms. The Balaban J connectivity index is 2.36. The Morgan fingerprint density at radius 2 is 1.94 bits per heavy atom. The lowest BCUT2D eigenvalue weighted by molar-refractivity contribution is 0.415. The third-order valence-electron chi connectivity index (χ3n) is 2.50. The van der Waals surface area contributed by atoms with Gasteiger partial charge in [-0.3, -0.25) is 4.31 Å². The van der Waals surface area contributed by atoms with E-state index in [-0.39, 0.29) is 0 Å². The fourth-order valence-corrected chi connectivity index (χ4v) is 2.75. The molecule has 88 valence electrons. The van der Waals surface area contributed by atoms with Crippen LogP contribution in [0.25, 0.3) is 0 Å². The lowest BCUT2D eigenvalue weighted by atomic mass is 10.3. The Hall–Kier alpha value is -1.27. The summed E-state index contributed by atoms with van der Waals surface area (Å²) in [5, 5.41) is 0. The van der Waals surface area contributed by atoms with Crippen LogP contribution in [0, 0.1) is 0 Å². The lowest BCUT2D eigenvalue weighted by Crippen LogP contribution is -2.32. The van der Waals surface area contributed by atoms with Crippen LogP contribution in [0.5, 0.6) is 5.75 Å². The van der Waals surface area contributed by atoms with Gasteiger partial charge in [-0.2, -0.15) is 12.7 Å². The Morgan fingerprint density at radius 3 is 2.50 bits per heavy atom. The maximum absolute atomic E-state index is 12.0. The number of benzene rings is 1. The summed E-state index contributed by atoms with van der Waals surface area (Å²) in [5.74, 6) is 0.551. The fraction of sp³-hybridized carbons (Fsp3) is 0.400. The van der Waals surface area contributed by atoms with Gasteiger partial charge in [-0.15, -0.1) is 0 Å². The number of anilines is 1. The molecular weight excluding hydrogens is 228 g/mol. The van der Waals surface area contributed by atoms with Gasteiger partial charge in [0.1, 0.15) is 5.75 Å². The zero-order chi connectivity index (χ0) is 11.8. The molecular formula is C10H14N2O3S. The molecule has 0 radical (unpaired) electrons. The molecule has 2 rings (SSSR count). The van der Waals surface area contributed by atoms with E-state index < -0.39 is 10.2 Å². The summed E-state index contributed by atoms with van der Waals surface area (Å²) in [6, 6.07) is 7.05. The number of methoxy groups -OCH3 is 1. The fourth-order valence-electron chi connectivity index (χ4n) is 1.46. The number of hydrogen-bond donors (Lipinski definition) is 0. The Kier molecular flexibility index (Phi) is 2.77. The number of nitrogens with zero attached hydrogens (tertiary/aromatic N) is 2. The summed E-state index contributed by atoms with van der Waals surface area (Å²) in [7, 11) is -0.307. The number of para-hydroxylation sites is 2. The summed E-state index contributed by atoms with van der Waals surface area (Å²) in [5.41, 5.74) is 0.553. The zero-order valence-corrected chi connectivity index (χ0v) is 10.1. The smallest absolute Gasteiger partial charge is 0.304 e. The monoisotopic (exact) mass is 242 g/mol. The molecule has 0 aliphatic carbocycles. The summed E-state index contributed by atoms with van der Waals surface area (Å²) in [6.45, 7) is 1.20. The van der Waals surface area contributed by atoms with Crippen LogP contribution in [-0.2, 0) is 10.2 Å². The molecule has 1 aromatic carbocycles. The van der Waals surface area contributed by atoms with Crippen molar-refractivity contribution >= 4 is 15.9 Å². The SMILES string of the molecule is COc1ccccc1N(C)S(=O)(=O)N1CC1. The predicted octanol–water partition coefficient (Wildman–Crippen LogP) is 0.692. The minimum atomic E-state index is -3.36. The molecule has 0 spiro atoms. The van der Waals surface area contributed by atoms with Crippen LogP contribution in [0.2, 0.25) is 0 Å². The standard InChI is InChI=1S/C10H14N2O3S/c1-11(16(13,14)12-7-8-12)9-5-3-4-6-10(9)15-2/h3-6H,7-8H2,1-2H3. The molecule has 1 heterocycles. The first kappa shape index (κ1) is 11.2. The topological polar surface area (TPSA) is 49.6 Å². The quantitative estimate of drug-likeness (QED) is 0.730. The van der Waals surface area contributed by atoms with Crippen molar-refractivity contribution in [2.75, 3.05) is 31.6 Å². The van der Waals surface area contributed by atoms with Crippen molar-refractivity contribution in [2.45, 2.75) is 0 Å². The molecule has 1 fully saturated rings. The zero-order valence-electron chi connectivity index (χ0n) is 9.25. The highest BCUT2D eigenvalue weighted by atomic mass is 32.2. The summed E-state index contributed by atoms with van der Waals surface area (Å²) in [6.07, 6.45) is 0. The molecule has 0 atom stereocenters. The van der Waals surface area contributed by atoms with Crippen molar-refractivity contribution in [2.24, 2.45) is 0 Å². The van der Waals surface area contributed by atoms with Crippen LogP contribution < -0.4 is 9.04 Å². The lowest BCUT2D eigenvalue weighted by Gasteiger charge is -2.21. The first-order chi connectivity index (χ1) is 7.57. The van der Waals surface area contributed by atoms with Gasteiger partial charge in [0.15, 0.2) is 0 Å². The maximum atomic E-state index is 12.0. The van der Waals surface area contributed by atoms with E-state index in [1.54, 1.807) is 24.3 Å². The van der Waals surface area contributed by atoms with Crippen molar-refractivity contribution in [1.29, 1.82) is 0 Å². The number of rotatable bonds is 4. The molecule has 1 saturated heterocycles. The van der Waals surface area contributed by atoms with Gasteiger partial charge < -0.3 is 4.74 Å². The number of hydrogen-bond acceptors (Lipinski definition) is 3. The molecule has 0 aromatic heterocycles. The average Bonchev–Trinajstić information content (AvgIpc) is 3.12. The first-order valence-corrected chi connectivity index (χ1v) is 6.34. The van der Waals surface area contributed by atoms with Gasteiger partial charge in [-0.25, -0.2) is 0 Å². The van der Waals surface area contributed by atoms with E-state index >= 15 is 0 Å². The van der Waals surface area contributed by atoms with Crippen molar-refractivity contribution in [3.05, 3.63) is 24.3 Å². The Bertz CT molecular complexity index is 483. The molecule has 1 aliphatic rings. The van der Waals surface area contributed by atoms with Crippen molar-refractivity contribution in [3.63, 3.8) is 0 Å². The van der Waals surface area contributed by atoms with E-state index in [9.17, 15) is 8.42 Å². The minimum absolute atomic E-state index is 0.551. The highest BCUT2D eigenvalue weighted by Crippen LogP contribution is 2.30. The largest absolute Gasteiger partial charge is 0.495 e. The molecule has 1 aromatic rings. The van der Waals surface area contributed by atoms with E-state index in [2.05, 4.69) is 0 Å². The highest BCUT2D eigenvalue weighted by molar-refractivity contribution is 7.90. The van der Waals surface area contributed by atoms with Crippen LogP contribution >= 0.6 is 0 Å². The number of ether oxygens (including phenoxy) is 1. The first-order valence-electron chi connectivity index (χ1n) is 4.94. The molecule has 0 amide bonds. The van der Waals surface area contributed by atoms with Crippen molar-refractivity contribution in [3.8, 4) is 5.75 Å². The van der Waals surface area contributed by atoms with Gasteiger partial charge in [0, 0.05) is 20.1 Å². The van der Waals surface area contributed by atoms with E-state index in [0.717, 1.165) is 0 Å². The van der Waals surface area contributed by atoms with Gasteiger partial charge in [-0.1, -0.05) is 12.1 Å². The van der Waals surface area contributed by atoms with Crippen molar-refractivity contribution in [1.82, 2.24) is 4.31 Å². The molecule has 6 heteroatoms.